The van der Waals surface area contributed by atoms with Crippen molar-refractivity contribution < 1.29 is 18.7 Å². The van der Waals surface area contributed by atoms with Gasteiger partial charge >= 0.3 is 6.03 Å². The molecule has 0 heterocycles. The number of hydrogen-bond donors (Lipinski definition) is 3. The fraction of sp³-hybridized carbons (Fsp3) is 0.500. The lowest BCUT2D eigenvalue weighted by atomic mass is 10.1. The molecule has 0 saturated carbocycles. The van der Waals surface area contributed by atoms with Crippen molar-refractivity contribution in [3.63, 3.8) is 0 Å². The van der Waals surface area contributed by atoms with E-state index in [1.807, 2.05) is 13.8 Å². The highest BCUT2D eigenvalue weighted by atomic mass is 19.1. The zero-order chi connectivity index (χ0) is 15.1. The van der Waals surface area contributed by atoms with Gasteiger partial charge < -0.3 is 15.7 Å². The number of carbonyl (C=O) groups is 1. The Morgan fingerprint density at radius 2 is 2.00 bits per heavy atom. The molecule has 0 aliphatic heterocycles. The van der Waals surface area contributed by atoms with E-state index in [0.717, 1.165) is 18.2 Å². The number of benzene rings is 1. The van der Waals surface area contributed by atoms with Crippen LogP contribution in [0.4, 0.5) is 13.6 Å². The summed E-state index contributed by atoms with van der Waals surface area (Å²) < 4.78 is 26.2. The zero-order valence-electron chi connectivity index (χ0n) is 11.6. The molecule has 0 radical (unpaired) electrons. The average Bonchev–Trinajstić information content (AvgIpc) is 2.36. The van der Waals surface area contributed by atoms with E-state index >= 15 is 0 Å². The molecule has 0 spiro atoms. The minimum absolute atomic E-state index is 0.0721. The van der Waals surface area contributed by atoms with Gasteiger partial charge in [-0.3, -0.25) is 0 Å². The van der Waals surface area contributed by atoms with Gasteiger partial charge in [-0.1, -0.05) is 13.8 Å². The van der Waals surface area contributed by atoms with Crippen LogP contribution in [0.1, 0.15) is 25.8 Å². The molecule has 3 N–H and O–H groups in total. The summed E-state index contributed by atoms with van der Waals surface area (Å²) in [5, 5.41) is 14.5. The van der Waals surface area contributed by atoms with Crippen LogP contribution < -0.4 is 10.6 Å². The largest absolute Gasteiger partial charge is 0.391 e. The van der Waals surface area contributed by atoms with Crippen LogP contribution in [0.25, 0.3) is 0 Å². The summed E-state index contributed by atoms with van der Waals surface area (Å²) in [5.74, 6) is -0.807. The van der Waals surface area contributed by atoms with Gasteiger partial charge in [0, 0.05) is 18.7 Å². The van der Waals surface area contributed by atoms with Crippen LogP contribution in [-0.2, 0) is 6.54 Å². The van der Waals surface area contributed by atoms with Crippen LogP contribution in [0.15, 0.2) is 18.2 Å². The molecule has 1 atom stereocenters. The van der Waals surface area contributed by atoms with Crippen LogP contribution in [0.5, 0.6) is 0 Å². The Bertz CT molecular complexity index is 453. The van der Waals surface area contributed by atoms with Gasteiger partial charge in [0.05, 0.1) is 6.10 Å². The van der Waals surface area contributed by atoms with Gasteiger partial charge in [0.15, 0.2) is 0 Å². The highest BCUT2D eigenvalue weighted by Crippen LogP contribution is 2.09. The van der Waals surface area contributed by atoms with Crippen molar-refractivity contribution in [2.45, 2.75) is 32.9 Å². The number of hydrogen-bond acceptors (Lipinski definition) is 2. The van der Waals surface area contributed by atoms with E-state index in [4.69, 9.17) is 0 Å². The van der Waals surface area contributed by atoms with Gasteiger partial charge in [0.1, 0.15) is 11.6 Å². The Labute approximate surface area is 117 Å². The van der Waals surface area contributed by atoms with Gasteiger partial charge in [0.25, 0.3) is 0 Å². The van der Waals surface area contributed by atoms with E-state index in [2.05, 4.69) is 10.6 Å². The van der Waals surface area contributed by atoms with Crippen molar-refractivity contribution >= 4 is 6.03 Å². The highest BCUT2D eigenvalue weighted by molar-refractivity contribution is 5.73. The highest BCUT2D eigenvalue weighted by Gasteiger charge is 2.10. The Hall–Kier alpha value is -1.69. The van der Waals surface area contributed by atoms with E-state index in [0.29, 0.717) is 12.3 Å². The first kappa shape index (κ1) is 16.4. The molecule has 112 valence electrons. The Morgan fingerprint density at radius 1 is 1.30 bits per heavy atom. The lowest BCUT2D eigenvalue weighted by molar-refractivity contribution is 0.147. The molecule has 1 aromatic carbocycles. The maximum atomic E-state index is 13.3. The molecule has 0 fully saturated rings. The van der Waals surface area contributed by atoms with Crippen LogP contribution in [0.3, 0.4) is 0 Å². The molecular weight excluding hydrogens is 266 g/mol. The molecule has 6 heteroatoms. The number of amides is 2. The molecule has 1 aromatic rings. The fourth-order valence-electron chi connectivity index (χ4n) is 1.75. The maximum absolute atomic E-state index is 13.3. The maximum Gasteiger partial charge on any atom is 0.315 e. The van der Waals surface area contributed by atoms with Crippen LogP contribution in [0.2, 0.25) is 0 Å². The van der Waals surface area contributed by atoms with Gasteiger partial charge in [-0.25, -0.2) is 13.6 Å². The van der Waals surface area contributed by atoms with E-state index in [1.165, 1.54) is 0 Å². The van der Waals surface area contributed by atoms with Crippen molar-refractivity contribution in [3.8, 4) is 0 Å². The van der Waals surface area contributed by atoms with Crippen molar-refractivity contribution in [1.82, 2.24) is 10.6 Å². The normalized spacial score (nSPS) is 12.3. The van der Waals surface area contributed by atoms with E-state index in [1.54, 1.807) is 0 Å². The summed E-state index contributed by atoms with van der Waals surface area (Å²) in [6.07, 6.45) is -0.0367. The Kier molecular flexibility index (Phi) is 6.38. The first-order chi connectivity index (χ1) is 9.38. The predicted molar refractivity (Wildman–Crippen MR) is 72.1 cm³/mol. The second-order valence-electron chi connectivity index (χ2n) is 5.08. The second kappa shape index (κ2) is 7.79. The molecule has 0 bridgehead atoms. The number of halogens is 2. The third-order valence-corrected chi connectivity index (χ3v) is 2.69. The molecular formula is C14H20F2N2O2. The van der Waals surface area contributed by atoms with Crippen molar-refractivity contribution in [2.75, 3.05) is 6.54 Å². The molecule has 0 aromatic heterocycles. The van der Waals surface area contributed by atoms with Crippen LogP contribution in [-0.4, -0.2) is 23.8 Å². The Morgan fingerprint density at radius 3 is 2.65 bits per heavy atom. The number of nitrogens with one attached hydrogen (secondary N) is 2. The summed E-state index contributed by atoms with van der Waals surface area (Å²) in [4.78, 5) is 11.5. The SMILES string of the molecule is CC(C)CC(O)CNC(=O)NCc1cc(F)ccc1F. The van der Waals surface area contributed by atoms with E-state index in [-0.39, 0.29) is 18.7 Å². The standard InChI is InChI=1S/C14H20F2N2O2/c1-9(2)5-12(19)8-18-14(20)17-7-10-6-11(15)3-4-13(10)16/h3-4,6,9,12,19H,5,7-8H2,1-2H3,(H2,17,18,20). The number of rotatable bonds is 6. The minimum atomic E-state index is -0.619. The average molecular weight is 286 g/mol. The number of carbonyl (C=O) groups excluding carboxylic acids is 1. The molecule has 0 aliphatic carbocycles. The Balaban J connectivity index is 2.34. The monoisotopic (exact) mass is 286 g/mol. The lowest BCUT2D eigenvalue weighted by Gasteiger charge is -2.14. The van der Waals surface area contributed by atoms with Crippen molar-refractivity contribution in [3.05, 3.63) is 35.4 Å². The van der Waals surface area contributed by atoms with Gasteiger partial charge in [-0.2, -0.15) is 0 Å². The third kappa shape index (κ3) is 5.97. The smallest absolute Gasteiger partial charge is 0.315 e. The first-order valence-electron chi connectivity index (χ1n) is 6.52. The summed E-state index contributed by atoms with van der Waals surface area (Å²) in [7, 11) is 0. The molecule has 0 aliphatic rings. The van der Waals surface area contributed by atoms with Crippen molar-refractivity contribution in [1.29, 1.82) is 0 Å². The molecule has 4 nitrogen and oxygen atoms in total. The summed E-state index contributed by atoms with van der Waals surface area (Å²) in [6, 6.07) is 2.53. The third-order valence-electron chi connectivity index (χ3n) is 2.69. The van der Waals surface area contributed by atoms with Crippen LogP contribution in [0, 0.1) is 17.6 Å². The quantitative estimate of drug-likeness (QED) is 0.750. The molecule has 20 heavy (non-hydrogen) atoms. The predicted octanol–water partition coefficient (Wildman–Crippen LogP) is 2.17. The van der Waals surface area contributed by atoms with E-state index < -0.39 is 23.8 Å². The van der Waals surface area contributed by atoms with Gasteiger partial charge in [-0.05, 0) is 30.5 Å². The molecule has 1 unspecified atom stereocenters. The number of aliphatic hydroxyl groups is 1. The number of urea groups is 1. The van der Waals surface area contributed by atoms with Gasteiger partial charge in [-0.15, -0.1) is 0 Å². The summed E-state index contributed by atoms with van der Waals surface area (Å²) in [6.45, 7) is 3.94. The van der Waals surface area contributed by atoms with Crippen LogP contribution >= 0.6 is 0 Å². The molecule has 0 saturated heterocycles. The topological polar surface area (TPSA) is 61.4 Å². The minimum Gasteiger partial charge on any atom is -0.391 e. The molecule has 1 rings (SSSR count). The summed E-state index contributed by atoms with van der Waals surface area (Å²) >= 11 is 0. The second-order valence-corrected chi connectivity index (χ2v) is 5.08. The number of aliphatic hydroxyl groups excluding tert-OH is 1. The van der Waals surface area contributed by atoms with Gasteiger partial charge in [0.2, 0.25) is 0 Å². The van der Waals surface area contributed by atoms with Crippen molar-refractivity contribution in [2.24, 2.45) is 5.92 Å². The van der Waals surface area contributed by atoms with E-state index in [9.17, 15) is 18.7 Å². The molecule has 2 amide bonds. The lowest BCUT2D eigenvalue weighted by Crippen LogP contribution is -2.39. The zero-order valence-corrected chi connectivity index (χ0v) is 11.6. The first-order valence-corrected chi connectivity index (χ1v) is 6.52. The summed E-state index contributed by atoms with van der Waals surface area (Å²) in [5.41, 5.74) is 0.0721. The fourth-order valence-corrected chi connectivity index (χ4v) is 1.75.